The molecule has 1 N–H and O–H groups in total. The van der Waals surface area contributed by atoms with Crippen LogP contribution in [0.2, 0.25) is 10.0 Å². The molecule has 0 heterocycles. The number of rotatable bonds is 2. The Labute approximate surface area is 133 Å². The van der Waals surface area contributed by atoms with E-state index in [0.717, 1.165) is 0 Å². The number of benzene rings is 1. The smallest absolute Gasteiger partial charge is 0.428 e. The molecule has 0 bridgehead atoms. The molecule has 1 aromatic carbocycles. The predicted molar refractivity (Wildman–Crippen MR) is 85.2 cm³/mol. The van der Waals surface area contributed by atoms with Gasteiger partial charge in [0.2, 0.25) is 0 Å². The number of thiocarbonyl (C=S) groups is 1. The molecule has 1 aromatic rings. The van der Waals surface area contributed by atoms with Gasteiger partial charge in [-0.25, -0.2) is 9.80 Å². The average Bonchev–Trinajstić information content (AvgIpc) is 2.35. The van der Waals surface area contributed by atoms with Gasteiger partial charge in [0.15, 0.2) is 5.11 Å². The molecule has 1 amide bonds. The van der Waals surface area contributed by atoms with Gasteiger partial charge in [0, 0.05) is 29.8 Å². The van der Waals surface area contributed by atoms with Crippen molar-refractivity contribution < 1.29 is 9.53 Å². The SMILES string of the molecule is CCOC(=O)N(C)N(C)C(=S)Nc1cc(Cl)cc(Cl)c1. The van der Waals surface area contributed by atoms with Gasteiger partial charge in [-0.3, -0.25) is 5.01 Å². The third-order valence-electron chi connectivity index (χ3n) is 2.39. The molecule has 0 atom stereocenters. The van der Waals surface area contributed by atoms with Crippen LogP contribution in [0.5, 0.6) is 0 Å². The lowest BCUT2D eigenvalue weighted by Crippen LogP contribution is -2.46. The number of hydrogen-bond acceptors (Lipinski definition) is 3. The van der Waals surface area contributed by atoms with Crippen LogP contribution in [0.25, 0.3) is 0 Å². The highest BCUT2D eigenvalue weighted by Gasteiger charge is 2.17. The van der Waals surface area contributed by atoms with Gasteiger partial charge < -0.3 is 10.1 Å². The van der Waals surface area contributed by atoms with Gasteiger partial charge >= 0.3 is 6.09 Å². The van der Waals surface area contributed by atoms with E-state index in [9.17, 15) is 4.79 Å². The van der Waals surface area contributed by atoms with Crippen LogP contribution in [0.3, 0.4) is 0 Å². The molecule has 8 heteroatoms. The fourth-order valence-corrected chi connectivity index (χ4v) is 2.07. The Hall–Kier alpha value is -1.24. The van der Waals surface area contributed by atoms with E-state index in [4.69, 9.17) is 40.2 Å². The van der Waals surface area contributed by atoms with E-state index >= 15 is 0 Å². The normalized spacial score (nSPS) is 9.85. The van der Waals surface area contributed by atoms with E-state index in [-0.39, 0.29) is 0 Å². The van der Waals surface area contributed by atoms with Crippen LogP contribution in [-0.2, 0) is 4.74 Å². The second kappa shape index (κ2) is 7.52. The summed E-state index contributed by atoms with van der Waals surface area (Å²) in [6.45, 7) is 2.03. The highest BCUT2D eigenvalue weighted by Crippen LogP contribution is 2.22. The Morgan fingerprint density at radius 2 is 1.80 bits per heavy atom. The number of carbonyl (C=O) groups excluding carboxylic acids is 1. The van der Waals surface area contributed by atoms with E-state index in [1.54, 1.807) is 39.2 Å². The molecule has 0 unspecified atom stereocenters. The molecule has 1 rings (SSSR count). The van der Waals surface area contributed by atoms with Crippen molar-refractivity contribution in [3.05, 3.63) is 28.2 Å². The number of hydrogen-bond donors (Lipinski definition) is 1. The Kier molecular flexibility index (Phi) is 6.32. The van der Waals surface area contributed by atoms with Crippen molar-refractivity contribution in [1.82, 2.24) is 10.0 Å². The monoisotopic (exact) mass is 335 g/mol. The van der Waals surface area contributed by atoms with E-state index in [0.29, 0.717) is 27.5 Å². The first-order valence-electron chi connectivity index (χ1n) is 5.76. The average molecular weight is 336 g/mol. The van der Waals surface area contributed by atoms with Crippen LogP contribution in [0.4, 0.5) is 10.5 Å². The molecular formula is C12H15Cl2N3O2S. The first-order valence-corrected chi connectivity index (χ1v) is 6.92. The molecule has 0 aliphatic carbocycles. The summed E-state index contributed by atoms with van der Waals surface area (Å²) >= 11 is 17.0. The number of ether oxygens (including phenoxy) is 1. The topological polar surface area (TPSA) is 44.8 Å². The number of halogens is 2. The summed E-state index contributed by atoms with van der Waals surface area (Å²) in [5, 5.41) is 6.93. The molecule has 0 saturated carbocycles. The number of nitrogens with zero attached hydrogens (tertiary/aromatic N) is 2. The lowest BCUT2D eigenvalue weighted by Gasteiger charge is -2.29. The highest BCUT2D eigenvalue weighted by molar-refractivity contribution is 7.80. The number of hydrazine groups is 1. The molecule has 0 radical (unpaired) electrons. The Bertz CT molecular complexity index is 493. The van der Waals surface area contributed by atoms with Crippen LogP contribution in [-0.4, -0.2) is 41.9 Å². The maximum atomic E-state index is 11.6. The first kappa shape index (κ1) is 16.8. The molecule has 0 aromatic heterocycles. The molecule has 110 valence electrons. The van der Waals surface area contributed by atoms with Crippen molar-refractivity contribution >= 4 is 52.3 Å². The van der Waals surface area contributed by atoms with Crippen molar-refractivity contribution in [3.63, 3.8) is 0 Å². The Morgan fingerprint density at radius 1 is 1.25 bits per heavy atom. The van der Waals surface area contributed by atoms with Crippen molar-refractivity contribution in [3.8, 4) is 0 Å². The molecular weight excluding hydrogens is 321 g/mol. The van der Waals surface area contributed by atoms with Gasteiger partial charge in [0.25, 0.3) is 0 Å². The van der Waals surface area contributed by atoms with Gasteiger partial charge in [-0.05, 0) is 37.3 Å². The maximum absolute atomic E-state index is 11.6. The summed E-state index contributed by atoms with van der Waals surface area (Å²) in [7, 11) is 3.19. The summed E-state index contributed by atoms with van der Waals surface area (Å²) in [4.78, 5) is 11.6. The largest absolute Gasteiger partial charge is 0.448 e. The minimum absolute atomic E-state index is 0.293. The number of amides is 1. The summed E-state index contributed by atoms with van der Waals surface area (Å²) in [5.74, 6) is 0. The van der Waals surface area contributed by atoms with Crippen LogP contribution in [0, 0.1) is 0 Å². The molecule has 0 aliphatic rings. The third kappa shape index (κ3) is 4.70. The second-order valence-corrected chi connectivity index (χ2v) is 5.09. The molecule has 5 nitrogen and oxygen atoms in total. The minimum atomic E-state index is -0.497. The van der Waals surface area contributed by atoms with Gasteiger partial charge in [-0.2, -0.15) is 0 Å². The second-order valence-electron chi connectivity index (χ2n) is 3.83. The first-order chi connectivity index (χ1) is 9.35. The van der Waals surface area contributed by atoms with Crippen LogP contribution in [0.15, 0.2) is 18.2 Å². The molecule has 0 spiro atoms. The summed E-state index contributed by atoms with van der Waals surface area (Å²) in [6.07, 6.45) is -0.497. The Balaban J connectivity index is 2.72. The van der Waals surface area contributed by atoms with Crippen LogP contribution >= 0.6 is 35.4 Å². The van der Waals surface area contributed by atoms with Crippen molar-refractivity contribution in [2.24, 2.45) is 0 Å². The van der Waals surface area contributed by atoms with E-state index < -0.39 is 6.09 Å². The van der Waals surface area contributed by atoms with Crippen molar-refractivity contribution in [1.29, 1.82) is 0 Å². The van der Waals surface area contributed by atoms with Crippen molar-refractivity contribution in [2.75, 3.05) is 26.0 Å². The quantitative estimate of drug-likeness (QED) is 0.660. The van der Waals surface area contributed by atoms with E-state index in [2.05, 4.69) is 5.32 Å². The van der Waals surface area contributed by atoms with Gasteiger partial charge in [0.05, 0.1) is 6.61 Å². The predicted octanol–water partition coefficient (Wildman–Crippen LogP) is 3.63. The number of anilines is 1. The maximum Gasteiger partial charge on any atom is 0.428 e. The summed E-state index contributed by atoms with van der Waals surface area (Å²) in [6, 6.07) is 4.97. The molecule has 0 saturated heterocycles. The minimum Gasteiger partial charge on any atom is -0.448 e. The third-order valence-corrected chi connectivity index (χ3v) is 3.19. The number of nitrogens with one attached hydrogen (secondary N) is 1. The molecule has 0 fully saturated rings. The van der Waals surface area contributed by atoms with Crippen LogP contribution in [0.1, 0.15) is 6.92 Å². The number of carbonyl (C=O) groups is 1. The van der Waals surface area contributed by atoms with E-state index in [1.807, 2.05) is 0 Å². The van der Waals surface area contributed by atoms with Gasteiger partial charge in [-0.15, -0.1) is 0 Å². The fourth-order valence-electron chi connectivity index (χ4n) is 1.31. The molecule has 20 heavy (non-hydrogen) atoms. The fraction of sp³-hybridized carbons (Fsp3) is 0.333. The van der Waals surface area contributed by atoms with Gasteiger partial charge in [0.1, 0.15) is 0 Å². The summed E-state index contributed by atoms with van der Waals surface area (Å²) in [5.41, 5.74) is 0.636. The van der Waals surface area contributed by atoms with E-state index in [1.165, 1.54) is 10.0 Å². The standard InChI is InChI=1S/C12H15Cl2N3O2S/c1-4-19-12(18)17(3)16(2)11(20)15-10-6-8(13)5-9(14)7-10/h5-7H,4H2,1-3H3,(H,15,20). The lowest BCUT2D eigenvalue weighted by atomic mass is 10.3. The zero-order valence-electron chi connectivity index (χ0n) is 11.3. The zero-order valence-corrected chi connectivity index (χ0v) is 13.6. The highest BCUT2D eigenvalue weighted by atomic mass is 35.5. The van der Waals surface area contributed by atoms with Gasteiger partial charge in [-0.1, -0.05) is 23.2 Å². The van der Waals surface area contributed by atoms with Crippen molar-refractivity contribution in [2.45, 2.75) is 6.92 Å². The zero-order chi connectivity index (χ0) is 15.3. The lowest BCUT2D eigenvalue weighted by molar-refractivity contribution is 0.0579. The van der Waals surface area contributed by atoms with Crippen LogP contribution < -0.4 is 5.32 Å². The summed E-state index contributed by atoms with van der Waals surface area (Å²) < 4.78 is 4.88. The molecule has 0 aliphatic heterocycles. The Morgan fingerprint density at radius 3 is 2.30 bits per heavy atom.